The van der Waals surface area contributed by atoms with Gasteiger partial charge in [-0.05, 0) is 70.4 Å². The van der Waals surface area contributed by atoms with Crippen molar-refractivity contribution in [1.82, 2.24) is 16.0 Å². The lowest BCUT2D eigenvalue weighted by atomic mass is 9.84. The lowest BCUT2D eigenvalue weighted by Crippen LogP contribution is -2.46. The van der Waals surface area contributed by atoms with Gasteiger partial charge in [-0.2, -0.15) is 0 Å². The zero-order chi connectivity index (χ0) is 17.5. The van der Waals surface area contributed by atoms with E-state index in [9.17, 15) is 9.59 Å². The van der Waals surface area contributed by atoms with Gasteiger partial charge in [0, 0.05) is 24.4 Å². The number of nitrogens with one attached hydrogen (secondary N) is 3. The smallest absolute Gasteiger partial charge is 0.223 e. The Morgan fingerprint density at radius 2 is 1.40 bits per heavy atom. The molecule has 0 aromatic heterocycles. The average Bonchev–Trinajstić information content (AvgIpc) is 2.64. The van der Waals surface area contributed by atoms with E-state index in [1.54, 1.807) is 0 Å². The zero-order valence-corrected chi connectivity index (χ0v) is 15.5. The molecule has 0 aromatic carbocycles. The van der Waals surface area contributed by atoms with E-state index in [0.717, 1.165) is 51.6 Å². The first-order valence-corrected chi connectivity index (χ1v) is 10.5. The van der Waals surface area contributed by atoms with Gasteiger partial charge < -0.3 is 16.0 Å². The van der Waals surface area contributed by atoms with Gasteiger partial charge in [0.05, 0.1) is 0 Å². The van der Waals surface area contributed by atoms with Crippen LogP contribution in [0.3, 0.4) is 0 Å². The van der Waals surface area contributed by atoms with Gasteiger partial charge in [0.2, 0.25) is 11.8 Å². The van der Waals surface area contributed by atoms with Crippen molar-refractivity contribution in [3.05, 3.63) is 0 Å². The molecule has 3 aliphatic rings. The standard InChI is InChI=1S/C20H35N3O2/c24-19(14-15-4-2-1-3-5-15)22-17-8-6-16(7-9-17)20(25)23-18-10-12-21-13-11-18/h15-18,21H,1-14H2,(H,22,24)(H,23,25). The average molecular weight is 350 g/mol. The van der Waals surface area contributed by atoms with E-state index in [1.165, 1.54) is 32.1 Å². The highest BCUT2D eigenvalue weighted by Gasteiger charge is 2.29. The van der Waals surface area contributed by atoms with Gasteiger partial charge in [-0.3, -0.25) is 9.59 Å². The number of hydrogen-bond acceptors (Lipinski definition) is 3. The molecule has 0 bridgehead atoms. The van der Waals surface area contributed by atoms with Crippen LogP contribution in [-0.4, -0.2) is 37.0 Å². The maximum Gasteiger partial charge on any atom is 0.223 e. The van der Waals surface area contributed by atoms with Crippen molar-refractivity contribution in [3.63, 3.8) is 0 Å². The first-order chi connectivity index (χ1) is 12.2. The molecular weight excluding hydrogens is 314 g/mol. The number of carbonyl (C=O) groups excluding carboxylic acids is 2. The van der Waals surface area contributed by atoms with Gasteiger partial charge >= 0.3 is 0 Å². The Balaban J connectivity index is 1.33. The van der Waals surface area contributed by atoms with Crippen LogP contribution in [0.5, 0.6) is 0 Å². The topological polar surface area (TPSA) is 70.2 Å². The van der Waals surface area contributed by atoms with Gasteiger partial charge in [0.25, 0.3) is 0 Å². The van der Waals surface area contributed by atoms with Crippen molar-refractivity contribution >= 4 is 11.8 Å². The summed E-state index contributed by atoms with van der Waals surface area (Å²) >= 11 is 0. The van der Waals surface area contributed by atoms with E-state index >= 15 is 0 Å². The summed E-state index contributed by atoms with van der Waals surface area (Å²) in [5.41, 5.74) is 0. The normalized spacial score (nSPS) is 29.1. The largest absolute Gasteiger partial charge is 0.353 e. The van der Waals surface area contributed by atoms with E-state index in [-0.39, 0.29) is 23.8 Å². The van der Waals surface area contributed by atoms with E-state index in [4.69, 9.17) is 0 Å². The van der Waals surface area contributed by atoms with Gasteiger partial charge in [-0.25, -0.2) is 0 Å². The summed E-state index contributed by atoms with van der Waals surface area (Å²) < 4.78 is 0. The summed E-state index contributed by atoms with van der Waals surface area (Å²) in [6.45, 7) is 2.01. The highest BCUT2D eigenvalue weighted by molar-refractivity contribution is 5.79. The van der Waals surface area contributed by atoms with E-state index in [2.05, 4.69) is 16.0 Å². The highest BCUT2D eigenvalue weighted by Crippen LogP contribution is 2.28. The van der Waals surface area contributed by atoms with E-state index < -0.39 is 0 Å². The molecule has 0 atom stereocenters. The molecule has 5 nitrogen and oxygen atoms in total. The van der Waals surface area contributed by atoms with Crippen LogP contribution in [-0.2, 0) is 9.59 Å². The van der Waals surface area contributed by atoms with Crippen LogP contribution in [0.25, 0.3) is 0 Å². The molecule has 3 rings (SSSR count). The van der Waals surface area contributed by atoms with Crippen LogP contribution in [0.15, 0.2) is 0 Å². The van der Waals surface area contributed by atoms with Crippen molar-refractivity contribution < 1.29 is 9.59 Å². The molecule has 25 heavy (non-hydrogen) atoms. The summed E-state index contributed by atoms with van der Waals surface area (Å²) in [5.74, 6) is 1.20. The van der Waals surface area contributed by atoms with Crippen molar-refractivity contribution in [1.29, 1.82) is 0 Å². The molecule has 1 aliphatic heterocycles. The Morgan fingerprint density at radius 3 is 2.08 bits per heavy atom. The second kappa shape index (κ2) is 9.56. The minimum Gasteiger partial charge on any atom is -0.353 e. The third kappa shape index (κ3) is 5.98. The Labute approximate surface area is 152 Å². The number of carbonyl (C=O) groups is 2. The number of hydrogen-bond donors (Lipinski definition) is 3. The SMILES string of the molecule is O=C(CC1CCCCC1)NC1CCC(C(=O)NC2CCNCC2)CC1. The predicted molar refractivity (Wildman–Crippen MR) is 99.1 cm³/mol. The lowest BCUT2D eigenvalue weighted by molar-refractivity contribution is -0.127. The zero-order valence-electron chi connectivity index (χ0n) is 15.5. The molecule has 0 aromatic rings. The first-order valence-electron chi connectivity index (χ1n) is 10.5. The minimum absolute atomic E-state index is 0.140. The Hall–Kier alpha value is -1.10. The quantitative estimate of drug-likeness (QED) is 0.714. The van der Waals surface area contributed by atoms with Gasteiger partial charge in [-0.1, -0.05) is 19.3 Å². The highest BCUT2D eigenvalue weighted by atomic mass is 16.2. The molecule has 1 heterocycles. The van der Waals surface area contributed by atoms with Crippen molar-refractivity contribution in [2.24, 2.45) is 11.8 Å². The summed E-state index contributed by atoms with van der Waals surface area (Å²) in [6.07, 6.45) is 12.8. The monoisotopic (exact) mass is 349 g/mol. The summed E-state index contributed by atoms with van der Waals surface area (Å²) in [5, 5.41) is 9.79. The molecule has 5 heteroatoms. The molecular formula is C20H35N3O2. The third-order valence-electron chi connectivity index (χ3n) is 6.35. The lowest BCUT2D eigenvalue weighted by Gasteiger charge is -2.31. The molecule has 0 spiro atoms. The number of rotatable bonds is 5. The van der Waals surface area contributed by atoms with Gasteiger partial charge in [0.1, 0.15) is 0 Å². The van der Waals surface area contributed by atoms with Crippen molar-refractivity contribution in [2.75, 3.05) is 13.1 Å². The van der Waals surface area contributed by atoms with Gasteiger partial charge in [0.15, 0.2) is 0 Å². The van der Waals surface area contributed by atoms with Crippen LogP contribution >= 0.6 is 0 Å². The second-order valence-electron chi connectivity index (χ2n) is 8.36. The van der Waals surface area contributed by atoms with Crippen molar-refractivity contribution in [3.8, 4) is 0 Å². The molecule has 0 radical (unpaired) electrons. The number of amides is 2. The maximum absolute atomic E-state index is 12.4. The molecule has 3 N–H and O–H groups in total. The molecule has 2 saturated carbocycles. The fourth-order valence-electron chi connectivity index (χ4n) is 4.73. The van der Waals surface area contributed by atoms with Crippen LogP contribution in [0, 0.1) is 11.8 Å². The summed E-state index contributed by atoms with van der Waals surface area (Å²) in [4.78, 5) is 24.7. The first kappa shape index (κ1) is 18.7. The van der Waals surface area contributed by atoms with E-state index in [0.29, 0.717) is 18.4 Å². The molecule has 1 saturated heterocycles. The third-order valence-corrected chi connectivity index (χ3v) is 6.35. The Bertz CT molecular complexity index is 434. The van der Waals surface area contributed by atoms with Gasteiger partial charge in [-0.15, -0.1) is 0 Å². The van der Waals surface area contributed by atoms with E-state index in [1.807, 2.05) is 0 Å². The number of piperidine rings is 1. The molecule has 2 aliphatic carbocycles. The summed E-state index contributed by atoms with van der Waals surface area (Å²) in [7, 11) is 0. The van der Waals surface area contributed by atoms with Crippen LogP contribution in [0.4, 0.5) is 0 Å². The minimum atomic E-state index is 0.140. The predicted octanol–water partition coefficient (Wildman–Crippen LogP) is 2.50. The summed E-state index contributed by atoms with van der Waals surface area (Å²) in [6, 6.07) is 0.626. The van der Waals surface area contributed by atoms with Crippen LogP contribution < -0.4 is 16.0 Å². The fourth-order valence-corrected chi connectivity index (χ4v) is 4.73. The van der Waals surface area contributed by atoms with Crippen LogP contribution in [0.2, 0.25) is 0 Å². The fraction of sp³-hybridized carbons (Fsp3) is 0.900. The van der Waals surface area contributed by atoms with Crippen molar-refractivity contribution in [2.45, 2.75) is 89.1 Å². The molecule has 0 unspecified atom stereocenters. The molecule has 2 amide bonds. The second-order valence-corrected chi connectivity index (χ2v) is 8.36. The van der Waals surface area contributed by atoms with Crippen LogP contribution in [0.1, 0.15) is 77.0 Å². The molecule has 142 valence electrons. The Morgan fingerprint density at radius 1 is 0.760 bits per heavy atom. The maximum atomic E-state index is 12.4. The Kier molecular flexibility index (Phi) is 7.14. The molecule has 3 fully saturated rings.